The van der Waals surface area contributed by atoms with Crippen LogP contribution in [0.25, 0.3) is 10.8 Å². The molecule has 0 spiro atoms. The van der Waals surface area contributed by atoms with Crippen molar-refractivity contribution in [1.82, 2.24) is 10.3 Å². The van der Waals surface area contributed by atoms with Gasteiger partial charge in [0.15, 0.2) is 0 Å². The summed E-state index contributed by atoms with van der Waals surface area (Å²) in [7, 11) is -0.880. The lowest BCUT2D eigenvalue weighted by molar-refractivity contribution is 0.0948. The number of rotatable bonds is 5. The van der Waals surface area contributed by atoms with Gasteiger partial charge >= 0.3 is 0 Å². The van der Waals surface area contributed by atoms with Crippen molar-refractivity contribution in [1.29, 1.82) is 0 Å². The van der Waals surface area contributed by atoms with E-state index in [9.17, 15) is 9.00 Å². The second-order valence-corrected chi connectivity index (χ2v) is 7.03. The van der Waals surface area contributed by atoms with E-state index in [1.54, 1.807) is 12.3 Å². The summed E-state index contributed by atoms with van der Waals surface area (Å²) in [6.07, 6.45) is 2.33. The molecule has 0 aliphatic heterocycles. The highest BCUT2D eigenvalue weighted by Gasteiger charge is 2.12. The molecule has 1 aromatic carbocycles. The lowest BCUT2D eigenvalue weighted by Crippen LogP contribution is -2.28. The fourth-order valence-electron chi connectivity index (χ4n) is 1.92. The summed E-state index contributed by atoms with van der Waals surface area (Å²) in [4.78, 5) is 16.2. The van der Waals surface area contributed by atoms with Crippen molar-refractivity contribution in [2.75, 3.05) is 12.8 Å². The van der Waals surface area contributed by atoms with Crippen LogP contribution in [0, 0.1) is 0 Å². The Kier molecular flexibility index (Phi) is 5.31. The molecular formula is C15H17ClN2O2S. The molecule has 0 radical (unpaired) electrons. The van der Waals surface area contributed by atoms with Gasteiger partial charge < -0.3 is 5.32 Å². The maximum absolute atomic E-state index is 12.1. The number of hydrogen-bond acceptors (Lipinski definition) is 3. The molecule has 1 heterocycles. The zero-order valence-corrected chi connectivity index (χ0v) is 13.5. The summed E-state index contributed by atoms with van der Waals surface area (Å²) < 4.78 is 11.2. The quantitative estimate of drug-likeness (QED) is 0.860. The first-order valence-corrected chi connectivity index (χ1v) is 8.64. The molecule has 21 heavy (non-hydrogen) atoms. The fraction of sp³-hybridized carbons (Fsp3) is 0.333. The molecule has 0 saturated heterocycles. The Labute approximate surface area is 131 Å². The minimum atomic E-state index is -0.880. The highest BCUT2D eigenvalue weighted by atomic mass is 35.5. The van der Waals surface area contributed by atoms with Crippen molar-refractivity contribution in [3.63, 3.8) is 0 Å². The van der Waals surface area contributed by atoms with Gasteiger partial charge in [-0.2, -0.15) is 0 Å². The average molecular weight is 325 g/mol. The molecule has 112 valence electrons. The van der Waals surface area contributed by atoms with Gasteiger partial charge in [-0.05, 0) is 17.9 Å². The van der Waals surface area contributed by atoms with Crippen LogP contribution in [0.3, 0.4) is 0 Å². The molecule has 1 N–H and O–H groups in total. The largest absolute Gasteiger partial charge is 0.351 e. The number of hydrogen-bond donors (Lipinski definition) is 1. The maximum atomic E-state index is 12.1. The monoisotopic (exact) mass is 324 g/mol. The van der Waals surface area contributed by atoms with E-state index < -0.39 is 10.8 Å². The molecule has 0 saturated carbocycles. The number of aromatic nitrogens is 1. The van der Waals surface area contributed by atoms with Crippen LogP contribution in [0.15, 0.2) is 30.3 Å². The van der Waals surface area contributed by atoms with Gasteiger partial charge in [0.1, 0.15) is 10.8 Å². The van der Waals surface area contributed by atoms with E-state index in [4.69, 9.17) is 11.6 Å². The average Bonchev–Trinajstić information content (AvgIpc) is 2.46. The number of amides is 1. The number of pyridine rings is 1. The van der Waals surface area contributed by atoms with Gasteiger partial charge in [0.2, 0.25) is 0 Å². The molecule has 1 aromatic heterocycles. The first-order valence-electron chi connectivity index (χ1n) is 6.64. The van der Waals surface area contributed by atoms with Crippen LogP contribution in [-0.2, 0) is 10.8 Å². The number of nitrogens with zero attached hydrogens (tertiary/aromatic N) is 1. The molecule has 0 bridgehead atoms. The Bertz CT molecular complexity index is 690. The van der Waals surface area contributed by atoms with Crippen molar-refractivity contribution < 1.29 is 9.00 Å². The molecule has 1 amide bonds. The predicted molar refractivity (Wildman–Crippen MR) is 87.2 cm³/mol. The molecule has 2 unspecified atom stereocenters. The molecule has 0 aliphatic rings. The lowest BCUT2D eigenvalue weighted by atomic mass is 10.1. The summed E-state index contributed by atoms with van der Waals surface area (Å²) in [6.45, 7) is 2.36. The molecule has 0 fully saturated rings. The van der Waals surface area contributed by atoms with E-state index in [-0.39, 0.29) is 11.2 Å². The summed E-state index contributed by atoms with van der Waals surface area (Å²) in [5.41, 5.74) is 0.295. The Hall–Kier alpha value is -1.46. The fourth-order valence-corrected chi connectivity index (χ4v) is 2.63. The Balaban J connectivity index is 2.08. The van der Waals surface area contributed by atoms with Crippen LogP contribution >= 0.6 is 11.6 Å². The van der Waals surface area contributed by atoms with Crippen LogP contribution < -0.4 is 5.32 Å². The van der Waals surface area contributed by atoms with Gasteiger partial charge in [-0.1, -0.05) is 42.8 Å². The SMILES string of the molecule is CC(CCNC(=O)c1cc2ccccc2c(Cl)n1)S(C)=O. The van der Waals surface area contributed by atoms with E-state index in [1.807, 2.05) is 31.2 Å². The number of nitrogens with one attached hydrogen (secondary N) is 1. The number of halogens is 1. The number of carbonyl (C=O) groups excluding carboxylic acids is 1. The third-order valence-corrected chi connectivity index (χ3v) is 4.99. The van der Waals surface area contributed by atoms with Crippen molar-refractivity contribution >= 4 is 39.1 Å². The Morgan fingerprint density at radius 3 is 2.86 bits per heavy atom. The molecular weight excluding hydrogens is 308 g/mol. The first kappa shape index (κ1) is 15.9. The van der Waals surface area contributed by atoms with Crippen LogP contribution in [0.2, 0.25) is 5.15 Å². The summed E-state index contributed by atoms with van der Waals surface area (Å²) in [6, 6.07) is 9.24. The molecule has 6 heteroatoms. The van der Waals surface area contributed by atoms with E-state index in [0.717, 1.165) is 10.8 Å². The van der Waals surface area contributed by atoms with E-state index in [2.05, 4.69) is 10.3 Å². The normalized spacial score (nSPS) is 13.9. The molecule has 2 aromatic rings. The van der Waals surface area contributed by atoms with Gasteiger partial charge in [-0.25, -0.2) is 4.98 Å². The minimum absolute atomic E-state index is 0.0541. The second-order valence-electron chi connectivity index (χ2n) is 4.87. The standard InChI is InChI=1S/C15H17ClN2O2S/c1-10(21(2)20)7-8-17-15(19)13-9-11-5-3-4-6-12(11)14(16)18-13/h3-6,9-10H,7-8H2,1-2H3,(H,17,19). The number of benzene rings is 1. The summed E-state index contributed by atoms with van der Waals surface area (Å²) >= 11 is 6.10. The van der Waals surface area contributed by atoms with Gasteiger partial charge in [0, 0.05) is 34.2 Å². The number of carbonyl (C=O) groups is 1. The smallest absolute Gasteiger partial charge is 0.269 e. The van der Waals surface area contributed by atoms with E-state index >= 15 is 0 Å². The minimum Gasteiger partial charge on any atom is -0.351 e. The molecule has 2 atom stereocenters. The van der Waals surface area contributed by atoms with Crippen molar-refractivity contribution in [2.45, 2.75) is 18.6 Å². The van der Waals surface area contributed by atoms with Crippen LogP contribution in [0.1, 0.15) is 23.8 Å². The highest BCUT2D eigenvalue weighted by molar-refractivity contribution is 7.84. The molecule has 4 nitrogen and oxygen atoms in total. The zero-order valence-electron chi connectivity index (χ0n) is 11.9. The van der Waals surface area contributed by atoms with Gasteiger partial charge in [0.05, 0.1) is 0 Å². The summed E-state index contributed by atoms with van der Waals surface area (Å²) in [5.74, 6) is -0.267. The third-order valence-electron chi connectivity index (χ3n) is 3.33. The van der Waals surface area contributed by atoms with Crippen molar-refractivity contribution in [3.05, 3.63) is 41.2 Å². The van der Waals surface area contributed by atoms with Gasteiger partial charge in [0.25, 0.3) is 5.91 Å². The molecule has 0 aliphatic carbocycles. The topological polar surface area (TPSA) is 59.1 Å². The van der Waals surface area contributed by atoms with E-state index in [1.165, 1.54) is 0 Å². The molecule has 2 rings (SSSR count). The van der Waals surface area contributed by atoms with Crippen molar-refractivity contribution in [3.8, 4) is 0 Å². The first-order chi connectivity index (χ1) is 9.99. The van der Waals surface area contributed by atoms with Gasteiger partial charge in [-0.3, -0.25) is 9.00 Å². The lowest BCUT2D eigenvalue weighted by Gasteiger charge is -2.09. The van der Waals surface area contributed by atoms with Crippen LogP contribution in [-0.4, -0.2) is 33.2 Å². The highest BCUT2D eigenvalue weighted by Crippen LogP contribution is 2.22. The zero-order chi connectivity index (χ0) is 15.4. The maximum Gasteiger partial charge on any atom is 0.269 e. The summed E-state index contributed by atoms with van der Waals surface area (Å²) in [5, 5.41) is 4.86. The van der Waals surface area contributed by atoms with Crippen molar-refractivity contribution in [2.24, 2.45) is 0 Å². The Morgan fingerprint density at radius 1 is 1.43 bits per heavy atom. The van der Waals surface area contributed by atoms with E-state index in [0.29, 0.717) is 23.8 Å². The third kappa shape index (κ3) is 4.02. The van der Waals surface area contributed by atoms with Crippen LogP contribution in [0.5, 0.6) is 0 Å². The Morgan fingerprint density at radius 2 is 2.14 bits per heavy atom. The van der Waals surface area contributed by atoms with Crippen LogP contribution in [0.4, 0.5) is 0 Å². The number of fused-ring (bicyclic) bond motifs is 1. The second kappa shape index (κ2) is 7.00. The van der Waals surface area contributed by atoms with Gasteiger partial charge in [-0.15, -0.1) is 0 Å². The predicted octanol–water partition coefficient (Wildman–Crippen LogP) is 2.78.